The van der Waals surface area contributed by atoms with Crippen LogP contribution in [0.2, 0.25) is 0 Å². The molecule has 0 unspecified atom stereocenters. The summed E-state index contributed by atoms with van der Waals surface area (Å²) >= 11 is 0. The van der Waals surface area contributed by atoms with E-state index in [9.17, 15) is 13.2 Å². The quantitative estimate of drug-likeness (QED) is 0.892. The van der Waals surface area contributed by atoms with E-state index in [0.717, 1.165) is 24.1 Å². The summed E-state index contributed by atoms with van der Waals surface area (Å²) in [6, 6.07) is 7.83. The van der Waals surface area contributed by atoms with Gasteiger partial charge in [-0.05, 0) is 48.7 Å². The van der Waals surface area contributed by atoms with Crippen molar-refractivity contribution in [2.45, 2.75) is 31.5 Å². The van der Waals surface area contributed by atoms with Gasteiger partial charge < -0.3 is 5.73 Å². The van der Waals surface area contributed by atoms with Gasteiger partial charge in [-0.3, -0.25) is 4.98 Å². The highest BCUT2D eigenvalue weighted by molar-refractivity contribution is 5.85. The van der Waals surface area contributed by atoms with E-state index in [1.54, 1.807) is 25.3 Å². The molecular weight excluding hydrogens is 313 g/mol. The third-order valence-electron chi connectivity index (χ3n) is 3.75. The van der Waals surface area contributed by atoms with Gasteiger partial charge in [-0.1, -0.05) is 6.07 Å². The first kappa shape index (κ1) is 16.8. The highest BCUT2D eigenvalue weighted by Crippen LogP contribution is 2.39. The number of rotatable bonds is 2. The fraction of sp³-hybridized carbons (Fsp3) is 0.312. The first-order chi connectivity index (χ1) is 9.84. The van der Waals surface area contributed by atoms with E-state index < -0.39 is 11.7 Å². The Morgan fingerprint density at radius 2 is 1.86 bits per heavy atom. The Labute approximate surface area is 133 Å². The van der Waals surface area contributed by atoms with Crippen LogP contribution in [0.5, 0.6) is 0 Å². The van der Waals surface area contributed by atoms with Crippen molar-refractivity contribution in [1.82, 2.24) is 4.98 Å². The third kappa shape index (κ3) is 3.42. The zero-order valence-corrected chi connectivity index (χ0v) is 12.7. The molecule has 1 aliphatic rings. The van der Waals surface area contributed by atoms with Gasteiger partial charge in [0.25, 0.3) is 0 Å². The van der Waals surface area contributed by atoms with Gasteiger partial charge in [0.15, 0.2) is 0 Å². The molecule has 118 valence electrons. The van der Waals surface area contributed by atoms with Crippen LogP contribution >= 0.6 is 12.4 Å². The molecule has 2 nitrogen and oxygen atoms in total. The van der Waals surface area contributed by atoms with Crippen molar-refractivity contribution in [3.05, 3.63) is 53.2 Å². The van der Waals surface area contributed by atoms with Gasteiger partial charge >= 0.3 is 6.18 Å². The SMILES string of the molecule is Cc1cc(-c2ccc([C@H]3C[C@@H]3N)cn2)cc(C(F)(F)F)c1.Cl. The Kier molecular flexibility index (Phi) is 4.49. The molecule has 2 aromatic rings. The van der Waals surface area contributed by atoms with E-state index in [1.165, 1.54) is 0 Å². The molecule has 0 amide bonds. The zero-order valence-electron chi connectivity index (χ0n) is 11.9. The van der Waals surface area contributed by atoms with E-state index in [4.69, 9.17) is 5.73 Å². The molecule has 0 spiro atoms. The zero-order chi connectivity index (χ0) is 15.2. The number of pyridine rings is 1. The average Bonchev–Trinajstić information content (AvgIpc) is 3.14. The van der Waals surface area contributed by atoms with Crippen molar-refractivity contribution >= 4 is 12.4 Å². The van der Waals surface area contributed by atoms with Gasteiger partial charge in [-0.15, -0.1) is 12.4 Å². The maximum Gasteiger partial charge on any atom is 0.416 e. The number of nitrogens with two attached hydrogens (primary N) is 1. The van der Waals surface area contributed by atoms with Gasteiger partial charge in [0.2, 0.25) is 0 Å². The van der Waals surface area contributed by atoms with Crippen molar-refractivity contribution in [3.63, 3.8) is 0 Å². The van der Waals surface area contributed by atoms with Crippen LogP contribution in [-0.4, -0.2) is 11.0 Å². The van der Waals surface area contributed by atoms with Gasteiger partial charge in [0, 0.05) is 23.7 Å². The standard InChI is InChI=1S/C16H15F3N2.ClH/c1-9-4-11(6-12(5-9)16(17,18)19)15-3-2-10(8-21-15)13-7-14(13)20;/h2-6,8,13-14H,7,20H2,1H3;1H/t13-,14+;/m1./s1. The van der Waals surface area contributed by atoms with Crippen LogP contribution in [0.3, 0.4) is 0 Å². The number of aromatic nitrogens is 1. The Morgan fingerprint density at radius 3 is 2.36 bits per heavy atom. The molecule has 2 N–H and O–H groups in total. The summed E-state index contributed by atoms with van der Waals surface area (Å²) in [6.45, 7) is 1.65. The second kappa shape index (κ2) is 5.89. The van der Waals surface area contributed by atoms with Crippen LogP contribution in [-0.2, 0) is 6.18 Å². The van der Waals surface area contributed by atoms with E-state index in [2.05, 4.69) is 4.98 Å². The molecule has 1 aromatic carbocycles. The van der Waals surface area contributed by atoms with E-state index in [-0.39, 0.29) is 18.4 Å². The number of alkyl halides is 3. The maximum atomic E-state index is 12.9. The molecule has 2 atom stereocenters. The monoisotopic (exact) mass is 328 g/mol. The van der Waals surface area contributed by atoms with Crippen molar-refractivity contribution in [3.8, 4) is 11.3 Å². The van der Waals surface area contributed by atoms with Crippen LogP contribution in [0.1, 0.15) is 29.0 Å². The first-order valence-electron chi connectivity index (χ1n) is 6.75. The lowest BCUT2D eigenvalue weighted by Crippen LogP contribution is -2.05. The maximum absolute atomic E-state index is 12.9. The molecule has 1 aliphatic carbocycles. The smallest absolute Gasteiger partial charge is 0.327 e. The molecule has 1 heterocycles. The average molecular weight is 329 g/mol. The van der Waals surface area contributed by atoms with Gasteiger partial charge in [0.1, 0.15) is 0 Å². The summed E-state index contributed by atoms with van der Waals surface area (Å²) in [7, 11) is 0. The summed E-state index contributed by atoms with van der Waals surface area (Å²) in [5, 5.41) is 0. The Hall–Kier alpha value is -1.59. The van der Waals surface area contributed by atoms with Crippen LogP contribution < -0.4 is 5.73 Å². The molecule has 6 heteroatoms. The number of nitrogens with zero attached hydrogens (tertiary/aromatic N) is 1. The summed E-state index contributed by atoms with van der Waals surface area (Å²) in [5.41, 5.74) is 7.78. The fourth-order valence-corrected chi connectivity index (χ4v) is 2.49. The van der Waals surface area contributed by atoms with Crippen molar-refractivity contribution in [1.29, 1.82) is 0 Å². The number of benzene rings is 1. The molecule has 0 aliphatic heterocycles. The number of aryl methyl sites for hydroxylation is 1. The van der Waals surface area contributed by atoms with Gasteiger partial charge in [-0.25, -0.2) is 0 Å². The fourth-order valence-electron chi connectivity index (χ4n) is 2.49. The van der Waals surface area contributed by atoms with Crippen LogP contribution in [0.25, 0.3) is 11.3 Å². The van der Waals surface area contributed by atoms with Crippen molar-refractivity contribution in [2.75, 3.05) is 0 Å². The lowest BCUT2D eigenvalue weighted by atomic mass is 10.0. The minimum absolute atomic E-state index is 0. The third-order valence-corrected chi connectivity index (χ3v) is 3.75. The van der Waals surface area contributed by atoms with Crippen LogP contribution in [0.4, 0.5) is 13.2 Å². The Bertz CT molecular complexity index is 668. The van der Waals surface area contributed by atoms with Gasteiger partial charge in [-0.2, -0.15) is 13.2 Å². The van der Waals surface area contributed by atoms with Crippen molar-refractivity contribution < 1.29 is 13.2 Å². The first-order valence-corrected chi connectivity index (χ1v) is 6.75. The van der Waals surface area contributed by atoms with E-state index in [1.807, 2.05) is 6.07 Å². The molecule has 22 heavy (non-hydrogen) atoms. The molecule has 0 radical (unpaired) electrons. The largest absolute Gasteiger partial charge is 0.416 e. The predicted octanol–water partition coefficient (Wildman–Crippen LogP) is 4.31. The summed E-state index contributed by atoms with van der Waals surface area (Å²) in [6.07, 6.45) is -1.69. The lowest BCUT2D eigenvalue weighted by molar-refractivity contribution is -0.137. The molecule has 3 rings (SSSR count). The molecule has 1 saturated carbocycles. The van der Waals surface area contributed by atoms with Crippen molar-refractivity contribution in [2.24, 2.45) is 5.73 Å². The number of hydrogen-bond donors (Lipinski definition) is 1. The summed E-state index contributed by atoms with van der Waals surface area (Å²) in [4.78, 5) is 4.29. The number of hydrogen-bond acceptors (Lipinski definition) is 2. The number of halogens is 4. The normalized spacial score (nSPS) is 20.4. The Balaban J connectivity index is 0.00000176. The second-order valence-corrected chi connectivity index (χ2v) is 5.57. The lowest BCUT2D eigenvalue weighted by Gasteiger charge is -2.10. The van der Waals surface area contributed by atoms with Gasteiger partial charge in [0.05, 0.1) is 11.3 Å². The summed E-state index contributed by atoms with van der Waals surface area (Å²) in [5.74, 6) is 0.342. The highest BCUT2D eigenvalue weighted by atomic mass is 35.5. The summed E-state index contributed by atoms with van der Waals surface area (Å²) < 4.78 is 38.6. The van der Waals surface area contributed by atoms with Crippen LogP contribution in [0, 0.1) is 6.92 Å². The molecule has 1 fully saturated rings. The molecule has 1 aromatic heterocycles. The minimum Gasteiger partial charge on any atom is -0.327 e. The van der Waals surface area contributed by atoms with E-state index >= 15 is 0 Å². The molecule has 0 saturated heterocycles. The second-order valence-electron chi connectivity index (χ2n) is 5.57. The molecule has 0 bridgehead atoms. The highest BCUT2D eigenvalue weighted by Gasteiger charge is 2.35. The topological polar surface area (TPSA) is 38.9 Å². The van der Waals surface area contributed by atoms with Crippen LogP contribution in [0.15, 0.2) is 36.5 Å². The Morgan fingerprint density at radius 1 is 1.18 bits per heavy atom. The molecular formula is C16H16ClF3N2. The predicted molar refractivity (Wildman–Crippen MR) is 82.0 cm³/mol. The van der Waals surface area contributed by atoms with E-state index in [0.29, 0.717) is 22.7 Å². The minimum atomic E-state index is -4.35.